The Labute approximate surface area is 298 Å². The van der Waals surface area contributed by atoms with Gasteiger partial charge in [0.1, 0.15) is 11.6 Å². The van der Waals surface area contributed by atoms with Gasteiger partial charge in [-0.1, -0.05) is 53.7 Å². The molecule has 0 saturated carbocycles. The van der Waals surface area contributed by atoms with Crippen LogP contribution in [0.25, 0.3) is 39.5 Å². The minimum Gasteiger partial charge on any atom is -0.503 e. The molecule has 3 aromatic carbocycles. The van der Waals surface area contributed by atoms with Gasteiger partial charge in [-0.15, -0.1) is 42.0 Å². The zero-order chi connectivity index (χ0) is 33.5. The third-order valence-corrected chi connectivity index (χ3v) is 7.91. The predicted molar refractivity (Wildman–Crippen MR) is 187 cm³/mol. The Balaban J connectivity index is 0.00000451. The van der Waals surface area contributed by atoms with Crippen LogP contribution in [0.5, 0.6) is 11.5 Å². The van der Waals surface area contributed by atoms with Gasteiger partial charge in [-0.3, -0.25) is 4.68 Å². The van der Waals surface area contributed by atoms with Crippen molar-refractivity contribution in [3.05, 3.63) is 120 Å². The van der Waals surface area contributed by atoms with Crippen molar-refractivity contribution in [1.82, 2.24) is 29.7 Å². The van der Waals surface area contributed by atoms with Crippen molar-refractivity contribution >= 4 is 0 Å². The maximum atomic E-state index is 6.17. The molecule has 0 N–H and O–H groups in total. The summed E-state index contributed by atoms with van der Waals surface area (Å²) in [6, 6.07) is 26.6. The molecule has 246 valence electrons. The van der Waals surface area contributed by atoms with Crippen LogP contribution in [0, 0.1) is 32.9 Å². The van der Waals surface area contributed by atoms with Crippen molar-refractivity contribution in [1.29, 1.82) is 0 Å². The molecule has 7 nitrogen and oxygen atoms in total. The number of hydrogen-bond donors (Lipinski definition) is 0. The Morgan fingerprint density at radius 1 is 0.708 bits per heavy atom. The molecule has 0 aliphatic carbocycles. The molecule has 0 bridgehead atoms. The average molecular weight is 816 g/mol. The maximum Gasteiger partial charge on any atom is 2.00 e. The topological polar surface area (TPSA) is 78.6 Å². The molecular formula is C40H40N6OPt. The van der Waals surface area contributed by atoms with Crippen molar-refractivity contribution in [3.8, 4) is 51.0 Å². The summed E-state index contributed by atoms with van der Waals surface area (Å²) in [6.07, 6.45) is 5.54. The van der Waals surface area contributed by atoms with Crippen molar-refractivity contribution in [2.24, 2.45) is 0 Å². The summed E-state index contributed by atoms with van der Waals surface area (Å²) in [5.41, 5.74) is 8.71. The summed E-state index contributed by atoms with van der Waals surface area (Å²) >= 11 is 0. The zero-order valence-electron chi connectivity index (χ0n) is 28.9. The summed E-state index contributed by atoms with van der Waals surface area (Å²) in [4.78, 5) is 19.5. The van der Waals surface area contributed by atoms with Crippen molar-refractivity contribution in [3.63, 3.8) is 0 Å². The van der Waals surface area contributed by atoms with Crippen LogP contribution in [0.4, 0.5) is 0 Å². The Kier molecular flexibility index (Phi) is 9.84. The maximum absolute atomic E-state index is 6.17. The summed E-state index contributed by atoms with van der Waals surface area (Å²) < 4.78 is 7.92. The van der Waals surface area contributed by atoms with Gasteiger partial charge in [0.05, 0.1) is 0 Å². The Morgan fingerprint density at radius 2 is 1.33 bits per heavy atom. The quantitative estimate of drug-likeness (QED) is 0.156. The Morgan fingerprint density at radius 3 is 1.94 bits per heavy atom. The molecule has 0 aliphatic rings. The van der Waals surface area contributed by atoms with Crippen LogP contribution in [0.2, 0.25) is 0 Å². The second kappa shape index (κ2) is 13.6. The van der Waals surface area contributed by atoms with E-state index in [9.17, 15) is 0 Å². The van der Waals surface area contributed by atoms with Crippen LogP contribution in [-0.4, -0.2) is 29.7 Å². The molecule has 0 radical (unpaired) electrons. The molecule has 48 heavy (non-hydrogen) atoms. The Bertz CT molecular complexity index is 2020. The smallest absolute Gasteiger partial charge is 0.503 e. The van der Waals surface area contributed by atoms with Gasteiger partial charge in [-0.25, -0.2) is 15.0 Å². The molecule has 3 aromatic heterocycles. The molecule has 0 aliphatic heterocycles. The molecule has 0 spiro atoms. The van der Waals surface area contributed by atoms with Gasteiger partial charge in [0.15, 0.2) is 5.82 Å². The van der Waals surface area contributed by atoms with Crippen LogP contribution in [0.3, 0.4) is 0 Å². The number of nitrogens with zero attached hydrogens (tertiary/aromatic N) is 6. The fraction of sp³-hybridized carbons (Fsp3) is 0.275. The summed E-state index contributed by atoms with van der Waals surface area (Å²) in [5.74, 6) is 3.47. The zero-order valence-corrected chi connectivity index (χ0v) is 31.2. The van der Waals surface area contributed by atoms with Gasteiger partial charge in [-0.05, 0) is 78.2 Å². The molecule has 0 saturated heterocycles. The minimum atomic E-state index is -0.200. The van der Waals surface area contributed by atoms with E-state index in [2.05, 4.69) is 97.7 Å². The molecule has 8 heteroatoms. The van der Waals surface area contributed by atoms with Crippen LogP contribution < -0.4 is 4.74 Å². The van der Waals surface area contributed by atoms with E-state index in [4.69, 9.17) is 24.7 Å². The second-order valence-corrected chi connectivity index (χ2v) is 14.1. The third-order valence-electron chi connectivity index (χ3n) is 7.91. The average Bonchev–Trinajstić information content (AvgIpc) is 3.56. The number of aromatic nitrogens is 6. The number of benzene rings is 3. The van der Waals surface area contributed by atoms with Gasteiger partial charge in [0, 0.05) is 46.5 Å². The van der Waals surface area contributed by atoms with E-state index in [1.165, 1.54) is 5.56 Å². The molecular weight excluding hydrogens is 776 g/mol. The number of rotatable bonds is 6. The van der Waals surface area contributed by atoms with Crippen LogP contribution >= 0.6 is 0 Å². The van der Waals surface area contributed by atoms with Gasteiger partial charge in [0.2, 0.25) is 0 Å². The predicted octanol–water partition coefficient (Wildman–Crippen LogP) is 9.36. The summed E-state index contributed by atoms with van der Waals surface area (Å²) in [6.45, 7) is 19.2. The molecule has 0 fully saturated rings. The van der Waals surface area contributed by atoms with E-state index in [0.717, 1.165) is 56.4 Å². The molecule has 0 amide bonds. The fourth-order valence-corrected chi connectivity index (χ4v) is 5.45. The standard InChI is InChI=1S/C40H40N6O.Pt/c1-25-19-29(36-43-37(39(4,5)6)45-38(44-36)40(7,8)9)20-26(2)35(25)33-23-34(41-24-27(33)3)28-13-10-15-31(21-28)47-32-16-11-14-30(22-32)46-18-12-17-42-46;/h10-20,23-24H,1-9H3;/q-2;+2. The number of ether oxygens (including phenoxy) is 1. The molecule has 0 atom stereocenters. The van der Waals surface area contributed by atoms with Crippen LogP contribution in [0.1, 0.15) is 69.9 Å². The first-order valence-corrected chi connectivity index (χ1v) is 15.8. The SMILES string of the molecule is Cc1cnc(-c2[c-]c(Oc3[c-]c(-n4cccn4)ccc3)ccc2)cc1-c1c(C)cc(-c2nc(C(C)(C)C)nc(C(C)(C)C)n2)cc1C.[Pt+2]. The Hall–Kier alpha value is -4.48. The molecule has 6 rings (SSSR count). The molecule has 3 heterocycles. The molecule has 0 unspecified atom stereocenters. The van der Waals surface area contributed by atoms with Crippen LogP contribution in [0.15, 0.2) is 79.3 Å². The first kappa shape index (κ1) is 34.8. The number of aryl methyl sites for hydroxylation is 3. The molecule has 6 aromatic rings. The van der Waals surface area contributed by atoms with Gasteiger partial charge < -0.3 is 9.72 Å². The monoisotopic (exact) mass is 815 g/mol. The van der Waals surface area contributed by atoms with Crippen LogP contribution in [-0.2, 0) is 31.9 Å². The fourth-order valence-electron chi connectivity index (χ4n) is 5.45. The first-order valence-electron chi connectivity index (χ1n) is 15.8. The van der Waals surface area contributed by atoms with Crippen molar-refractivity contribution in [2.75, 3.05) is 0 Å². The van der Waals surface area contributed by atoms with E-state index >= 15 is 0 Å². The van der Waals surface area contributed by atoms with Crippen molar-refractivity contribution < 1.29 is 25.8 Å². The second-order valence-electron chi connectivity index (χ2n) is 14.1. The number of hydrogen-bond acceptors (Lipinski definition) is 6. The van der Waals surface area contributed by atoms with E-state index in [0.29, 0.717) is 17.3 Å². The summed E-state index contributed by atoms with van der Waals surface area (Å²) in [7, 11) is 0. The van der Waals surface area contributed by atoms with Gasteiger partial charge in [-0.2, -0.15) is 11.2 Å². The van der Waals surface area contributed by atoms with E-state index in [1.54, 1.807) is 10.9 Å². The third kappa shape index (κ3) is 7.47. The first-order chi connectivity index (χ1) is 22.3. The van der Waals surface area contributed by atoms with E-state index in [1.807, 2.05) is 54.9 Å². The minimum absolute atomic E-state index is 0. The van der Waals surface area contributed by atoms with Gasteiger partial charge >= 0.3 is 21.1 Å². The van der Waals surface area contributed by atoms with Crippen molar-refractivity contribution in [2.45, 2.75) is 73.1 Å². The number of pyridine rings is 1. The van der Waals surface area contributed by atoms with E-state index in [-0.39, 0.29) is 31.9 Å². The van der Waals surface area contributed by atoms with Gasteiger partial charge in [0.25, 0.3) is 0 Å². The normalized spacial score (nSPS) is 11.7. The summed E-state index contributed by atoms with van der Waals surface area (Å²) in [5, 5.41) is 4.29. The van der Waals surface area contributed by atoms with E-state index < -0.39 is 0 Å². The largest absolute Gasteiger partial charge is 2.00 e.